The highest BCUT2D eigenvalue weighted by atomic mass is 32.2. The van der Waals surface area contributed by atoms with Crippen LogP contribution < -0.4 is 4.72 Å². The van der Waals surface area contributed by atoms with Crippen LogP contribution in [0.3, 0.4) is 0 Å². The van der Waals surface area contributed by atoms with Crippen LogP contribution in [-0.2, 0) is 26.0 Å². The number of carboxylic acid groups (broad SMARTS) is 1. The summed E-state index contributed by atoms with van der Waals surface area (Å²) >= 11 is 0. The summed E-state index contributed by atoms with van der Waals surface area (Å²) in [7, 11) is -7.98. The quantitative estimate of drug-likeness (QED) is 0.753. The van der Waals surface area contributed by atoms with Crippen molar-refractivity contribution < 1.29 is 39.9 Å². The molecule has 1 atom stereocenters. The van der Waals surface area contributed by atoms with Crippen molar-refractivity contribution in [2.45, 2.75) is 24.0 Å². The number of alkyl halides is 3. The molecule has 12 heteroatoms. The van der Waals surface area contributed by atoms with Gasteiger partial charge in [0.15, 0.2) is 0 Å². The van der Waals surface area contributed by atoms with Gasteiger partial charge in [-0.2, -0.15) is 13.2 Å². The Labute approximate surface area is 136 Å². The van der Waals surface area contributed by atoms with E-state index in [1.165, 1.54) is 6.92 Å². The van der Waals surface area contributed by atoms with E-state index in [2.05, 4.69) is 0 Å². The molecule has 0 aromatic heterocycles. The molecule has 1 unspecified atom stereocenters. The number of rotatable bonds is 6. The van der Waals surface area contributed by atoms with E-state index in [-0.39, 0.29) is 6.07 Å². The molecule has 1 aromatic carbocycles. The molecule has 0 radical (unpaired) electrons. The van der Waals surface area contributed by atoms with Crippen LogP contribution in [0.2, 0.25) is 0 Å². The number of carboxylic acids is 1. The fourth-order valence-corrected chi connectivity index (χ4v) is 4.30. The highest BCUT2D eigenvalue weighted by molar-refractivity contribution is 7.91. The van der Waals surface area contributed by atoms with Gasteiger partial charge in [-0.25, -0.2) is 26.4 Å². The first-order chi connectivity index (χ1) is 10.6. The number of nitrogens with one attached hydrogen (secondary N) is 1. The van der Waals surface area contributed by atoms with E-state index in [4.69, 9.17) is 5.11 Å². The minimum Gasteiger partial charge on any atom is -0.478 e. The molecule has 1 rings (SSSR count). The third kappa shape index (κ3) is 5.46. The van der Waals surface area contributed by atoms with Crippen LogP contribution >= 0.6 is 0 Å². The van der Waals surface area contributed by atoms with Crippen molar-refractivity contribution in [2.24, 2.45) is 0 Å². The number of hydrogen-bond acceptors (Lipinski definition) is 5. The molecule has 1 aromatic rings. The van der Waals surface area contributed by atoms with E-state index in [9.17, 15) is 34.8 Å². The van der Waals surface area contributed by atoms with Gasteiger partial charge >= 0.3 is 12.1 Å². The number of halogens is 3. The third-order valence-electron chi connectivity index (χ3n) is 2.75. The SMILES string of the molecule is CC(CS(C)(=O)=O)NS(=O)(=O)c1ccc(C(=O)O)c(C(F)(F)F)c1. The van der Waals surface area contributed by atoms with Gasteiger partial charge in [0.05, 0.1) is 21.8 Å². The van der Waals surface area contributed by atoms with Crippen molar-refractivity contribution in [3.05, 3.63) is 29.3 Å². The summed E-state index contributed by atoms with van der Waals surface area (Å²) in [5.41, 5.74) is -2.71. The highest BCUT2D eigenvalue weighted by Gasteiger charge is 2.36. The van der Waals surface area contributed by atoms with Crippen LogP contribution in [0.4, 0.5) is 13.2 Å². The van der Waals surface area contributed by atoms with Crippen LogP contribution in [0.25, 0.3) is 0 Å². The van der Waals surface area contributed by atoms with Crippen molar-refractivity contribution in [1.29, 1.82) is 0 Å². The lowest BCUT2D eigenvalue weighted by atomic mass is 10.1. The predicted octanol–water partition coefficient (Wildman–Crippen LogP) is 1.12. The second-order valence-corrected chi connectivity index (χ2v) is 9.02. The molecule has 0 amide bonds. The number of carbonyl (C=O) groups is 1. The zero-order valence-corrected chi connectivity index (χ0v) is 14.1. The molecule has 2 N–H and O–H groups in total. The largest absolute Gasteiger partial charge is 0.478 e. The third-order valence-corrected chi connectivity index (χ3v) is 5.44. The summed E-state index contributed by atoms with van der Waals surface area (Å²) in [5.74, 6) is -2.41. The highest BCUT2D eigenvalue weighted by Crippen LogP contribution is 2.33. The number of sulfone groups is 1. The van der Waals surface area contributed by atoms with Crippen molar-refractivity contribution in [1.82, 2.24) is 4.72 Å². The van der Waals surface area contributed by atoms with Gasteiger partial charge in [0, 0.05) is 12.3 Å². The van der Waals surface area contributed by atoms with Crippen LogP contribution in [0, 0.1) is 0 Å². The van der Waals surface area contributed by atoms with Crippen molar-refractivity contribution >= 4 is 25.8 Å². The van der Waals surface area contributed by atoms with E-state index < -0.39 is 59.8 Å². The summed E-state index contributed by atoms with van der Waals surface area (Å²) in [4.78, 5) is 10.0. The minimum absolute atomic E-state index is 0.193. The maximum Gasteiger partial charge on any atom is 0.417 e. The first kappa shape index (κ1) is 20.4. The summed E-state index contributed by atoms with van der Waals surface area (Å²) in [6.07, 6.45) is -4.20. The molecule has 0 fully saturated rings. The Morgan fingerprint density at radius 3 is 2.21 bits per heavy atom. The summed E-state index contributed by atoms with van der Waals surface area (Å²) in [6, 6.07) is 0.340. The molecule has 0 aliphatic carbocycles. The topological polar surface area (TPSA) is 118 Å². The van der Waals surface area contributed by atoms with E-state index in [0.29, 0.717) is 12.1 Å². The summed E-state index contributed by atoms with van der Waals surface area (Å²) in [5, 5.41) is 8.76. The number of hydrogen-bond donors (Lipinski definition) is 2. The van der Waals surface area contributed by atoms with Gasteiger partial charge in [-0.1, -0.05) is 0 Å². The monoisotopic (exact) mass is 389 g/mol. The Bertz CT molecular complexity index is 846. The lowest BCUT2D eigenvalue weighted by molar-refractivity contribution is -0.138. The smallest absolute Gasteiger partial charge is 0.417 e. The van der Waals surface area contributed by atoms with Gasteiger partial charge in [-0.3, -0.25) is 0 Å². The fraction of sp³-hybridized carbons (Fsp3) is 0.417. The van der Waals surface area contributed by atoms with Gasteiger partial charge < -0.3 is 5.11 Å². The van der Waals surface area contributed by atoms with Crippen LogP contribution in [0.1, 0.15) is 22.8 Å². The summed E-state index contributed by atoms with van der Waals surface area (Å²) in [6.45, 7) is 1.23. The molecule has 0 bridgehead atoms. The predicted molar refractivity (Wildman–Crippen MR) is 77.9 cm³/mol. The van der Waals surface area contributed by atoms with Gasteiger partial charge in [-0.05, 0) is 25.1 Å². The van der Waals surface area contributed by atoms with Crippen molar-refractivity contribution in [2.75, 3.05) is 12.0 Å². The first-order valence-electron chi connectivity index (χ1n) is 6.28. The van der Waals surface area contributed by atoms with Crippen molar-refractivity contribution in [3.8, 4) is 0 Å². The Balaban J connectivity index is 3.29. The van der Waals surface area contributed by atoms with E-state index in [1.54, 1.807) is 0 Å². The van der Waals surface area contributed by atoms with Crippen LogP contribution in [-0.4, -0.2) is 46.0 Å². The second kappa shape index (κ2) is 6.69. The standard InChI is InChI=1S/C12H14F3NO6S2/c1-7(6-23(2,19)20)16-24(21,22)8-3-4-9(11(17)18)10(5-8)12(13,14)15/h3-5,7,16H,6H2,1-2H3,(H,17,18). The Morgan fingerprint density at radius 1 is 1.25 bits per heavy atom. The Morgan fingerprint density at radius 2 is 1.79 bits per heavy atom. The van der Waals surface area contributed by atoms with Gasteiger partial charge in [0.25, 0.3) is 0 Å². The van der Waals surface area contributed by atoms with Crippen molar-refractivity contribution in [3.63, 3.8) is 0 Å². The average Bonchev–Trinajstić information content (AvgIpc) is 2.33. The molecule has 24 heavy (non-hydrogen) atoms. The molecule has 0 spiro atoms. The lowest BCUT2D eigenvalue weighted by Crippen LogP contribution is -2.37. The molecular formula is C12H14F3NO6S2. The second-order valence-electron chi connectivity index (χ2n) is 5.13. The Hall–Kier alpha value is -1.66. The molecule has 0 aliphatic rings. The van der Waals surface area contributed by atoms with Gasteiger partial charge in [-0.15, -0.1) is 0 Å². The zero-order valence-electron chi connectivity index (χ0n) is 12.5. The van der Waals surface area contributed by atoms with Gasteiger partial charge in [0.2, 0.25) is 10.0 Å². The fourth-order valence-electron chi connectivity index (χ4n) is 1.93. The molecule has 0 aliphatic heterocycles. The van der Waals surface area contributed by atoms with E-state index in [0.717, 1.165) is 6.26 Å². The van der Waals surface area contributed by atoms with Gasteiger partial charge in [0.1, 0.15) is 9.84 Å². The molecule has 0 saturated heterocycles. The molecular weight excluding hydrogens is 375 g/mol. The van der Waals surface area contributed by atoms with E-state index >= 15 is 0 Å². The first-order valence-corrected chi connectivity index (χ1v) is 9.82. The van der Waals surface area contributed by atoms with E-state index in [1.807, 2.05) is 4.72 Å². The van der Waals surface area contributed by atoms with Crippen LogP contribution in [0.15, 0.2) is 23.1 Å². The number of aromatic carboxylic acids is 1. The maximum absolute atomic E-state index is 12.9. The normalized spacial score (nSPS) is 14.4. The zero-order chi connectivity index (χ0) is 18.9. The number of benzene rings is 1. The lowest BCUT2D eigenvalue weighted by Gasteiger charge is -2.15. The average molecular weight is 389 g/mol. The minimum atomic E-state index is -5.07. The van der Waals surface area contributed by atoms with Crippen LogP contribution in [0.5, 0.6) is 0 Å². The Kier molecular flexibility index (Phi) is 5.68. The number of sulfonamides is 1. The molecule has 7 nitrogen and oxygen atoms in total. The maximum atomic E-state index is 12.9. The summed E-state index contributed by atoms with van der Waals surface area (Å²) < 4.78 is 87.0. The molecule has 0 saturated carbocycles. The molecule has 0 heterocycles. The molecule has 136 valence electrons.